The molecule has 4 N–H and O–H groups in total. The van der Waals surface area contributed by atoms with E-state index < -0.39 is 19.9 Å². The highest BCUT2D eigenvalue weighted by molar-refractivity contribution is 7.13. The highest BCUT2D eigenvalue weighted by Gasteiger charge is 2.45. The molecule has 0 spiro atoms. The number of pyridine rings is 1. The normalized spacial score (nSPS) is 18.6. The van der Waals surface area contributed by atoms with Gasteiger partial charge in [0, 0.05) is 47.6 Å². The number of hydrogen-bond donors (Lipinski definition) is 4. The molecule has 0 saturated heterocycles. The molecule has 6 aromatic rings. The third kappa shape index (κ3) is 9.32. The first kappa shape index (κ1) is 45.3. The van der Waals surface area contributed by atoms with Crippen LogP contribution in [0.15, 0.2) is 64.8 Å². The average Bonchev–Trinajstić information content (AvgIpc) is 4.09. The molecule has 1 saturated carbocycles. The number of aromatic amines is 1. The highest BCUT2D eigenvalue weighted by atomic mass is 32.1. The van der Waals surface area contributed by atoms with Crippen LogP contribution >= 0.6 is 22.7 Å². The Balaban J connectivity index is 0.885. The molecular weight excluding hydrogens is 853 g/mol. The van der Waals surface area contributed by atoms with Gasteiger partial charge in [0.2, 0.25) is 11.2 Å². The maximum absolute atomic E-state index is 13.6. The van der Waals surface area contributed by atoms with Gasteiger partial charge in [0.1, 0.15) is 17.4 Å². The first-order valence-electron chi connectivity index (χ1n) is 22.0. The number of H-pyrrole nitrogens is 1. The summed E-state index contributed by atoms with van der Waals surface area (Å²) in [6, 6.07) is 16.7. The molecule has 8 rings (SSSR count). The predicted octanol–water partition coefficient (Wildman–Crippen LogP) is 8.41. The van der Waals surface area contributed by atoms with E-state index in [1.807, 2.05) is 41.3 Å². The largest absolute Gasteiger partial charge is 0.506 e. The van der Waals surface area contributed by atoms with E-state index in [2.05, 4.69) is 72.5 Å². The second-order valence-corrected chi connectivity index (χ2v) is 25.7. The number of rotatable bonds is 16. The minimum Gasteiger partial charge on any atom is -0.506 e. The number of fused-ring (bicyclic) bond motifs is 4. The number of thiophene rings is 2. The SMILES string of the molecule is Cc1ccc([C@@](O)(C(=O)OC2CCC(N(C)CCCn3nnc4cc(CNCC(O[Si](C)(C)C(C)(C)C)c5ccc(O)c6[nH]c(=O)ccc56)c5c(c43)COC5)CC2)c2cccs2)s1. The zero-order valence-corrected chi connectivity index (χ0v) is 40.0. The number of aromatic hydroxyl groups is 1. The lowest BCUT2D eigenvalue weighted by atomic mass is 9.91. The summed E-state index contributed by atoms with van der Waals surface area (Å²) in [6.07, 6.45) is 3.66. The molecule has 4 aromatic heterocycles. The van der Waals surface area contributed by atoms with Crippen LogP contribution in [0.5, 0.6) is 5.75 Å². The molecule has 336 valence electrons. The van der Waals surface area contributed by atoms with Gasteiger partial charge in [-0.25, -0.2) is 9.48 Å². The van der Waals surface area contributed by atoms with E-state index in [0.717, 1.165) is 83.2 Å². The number of benzene rings is 2. The molecule has 1 aliphatic heterocycles. The highest BCUT2D eigenvalue weighted by Crippen LogP contribution is 2.42. The molecule has 2 atom stereocenters. The Labute approximate surface area is 377 Å². The monoisotopic (exact) mass is 912 g/mol. The number of ether oxygens (including phenoxy) is 2. The summed E-state index contributed by atoms with van der Waals surface area (Å²) in [5.74, 6) is -0.566. The zero-order valence-electron chi connectivity index (χ0n) is 37.3. The third-order valence-corrected chi connectivity index (χ3v) is 20.0. The van der Waals surface area contributed by atoms with E-state index in [0.29, 0.717) is 47.6 Å². The Morgan fingerprint density at radius 1 is 1.08 bits per heavy atom. The minimum absolute atomic E-state index is 0.0275. The lowest BCUT2D eigenvalue weighted by Crippen LogP contribution is -2.43. The standard InChI is InChI=1S/C47H60N6O7S2Si/c1-29-11-19-41(62-29)47(57,40-10-8-23-61-40)45(56)59-32-14-12-31(13-15-32)52(5)21-9-22-53-44-36-28-58-27-35(36)30(24-37(44)50-51-53)25-48-26-39(60-63(6,7)46(2,3)4)33-16-18-38(54)43-34(33)17-20-42(55)49-43/h8,10-11,16-20,23-24,31-32,39,48,54,57H,9,12-15,21-22,25-28H2,1-7H3,(H,49,55)/t31?,32?,39?,47-/m1/s1. The van der Waals surface area contributed by atoms with Crippen molar-refractivity contribution in [3.05, 3.63) is 107 Å². The van der Waals surface area contributed by atoms with E-state index >= 15 is 0 Å². The molecule has 13 nitrogen and oxygen atoms in total. The van der Waals surface area contributed by atoms with Crippen molar-refractivity contribution in [1.29, 1.82) is 0 Å². The van der Waals surface area contributed by atoms with Gasteiger partial charge in [-0.2, -0.15) is 0 Å². The van der Waals surface area contributed by atoms with E-state index in [9.17, 15) is 19.8 Å². The number of phenols is 1. The Bertz CT molecular complexity index is 2630. The predicted molar refractivity (Wildman–Crippen MR) is 251 cm³/mol. The molecule has 0 radical (unpaired) electrons. The quantitative estimate of drug-likeness (QED) is 0.0545. The molecule has 2 aliphatic rings. The summed E-state index contributed by atoms with van der Waals surface area (Å²) in [4.78, 5) is 33.2. The number of aliphatic hydroxyl groups is 1. The minimum atomic E-state index is -2.24. The topological polar surface area (TPSA) is 164 Å². The van der Waals surface area contributed by atoms with Crippen molar-refractivity contribution in [3.8, 4) is 5.75 Å². The maximum Gasteiger partial charge on any atom is 0.349 e. The molecule has 1 aliphatic carbocycles. The van der Waals surface area contributed by atoms with Gasteiger partial charge >= 0.3 is 5.97 Å². The molecule has 16 heteroatoms. The van der Waals surface area contributed by atoms with Crippen molar-refractivity contribution in [1.82, 2.24) is 30.2 Å². The van der Waals surface area contributed by atoms with Crippen molar-refractivity contribution in [2.24, 2.45) is 0 Å². The molecular formula is C47H60N6O7S2Si. The van der Waals surface area contributed by atoms with Gasteiger partial charge in [-0.05, 0) is 129 Å². The van der Waals surface area contributed by atoms with Crippen LogP contribution in [-0.2, 0) is 50.6 Å². The van der Waals surface area contributed by atoms with Gasteiger partial charge in [0.25, 0.3) is 0 Å². The van der Waals surface area contributed by atoms with Crippen molar-refractivity contribution in [3.63, 3.8) is 0 Å². The van der Waals surface area contributed by atoms with Gasteiger partial charge in [-0.1, -0.05) is 38.1 Å². The zero-order chi connectivity index (χ0) is 44.7. The van der Waals surface area contributed by atoms with Gasteiger partial charge in [-0.15, -0.1) is 27.8 Å². The van der Waals surface area contributed by atoms with Crippen LogP contribution in [0.2, 0.25) is 18.1 Å². The molecule has 5 heterocycles. The van der Waals surface area contributed by atoms with E-state index in [-0.39, 0.29) is 28.6 Å². The summed E-state index contributed by atoms with van der Waals surface area (Å²) in [7, 11) is -0.0747. The van der Waals surface area contributed by atoms with Crippen molar-refractivity contribution < 1.29 is 28.9 Å². The van der Waals surface area contributed by atoms with Gasteiger partial charge in [0.15, 0.2) is 8.32 Å². The number of carbonyl (C=O) groups is 1. The molecule has 1 unspecified atom stereocenters. The summed E-state index contributed by atoms with van der Waals surface area (Å²) < 4.78 is 21.2. The van der Waals surface area contributed by atoms with Crippen LogP contribution in [-0.4, -0.2) is 81.7 Å². The fourth-order valence-corrected chi connectivity index (χ4v) is 11.9. The lowest BCUT2D eigenvalue weighted by molar-refractivity contribution is -0.169. The van der Waals surface area contributed by atoms with Crippen LogP contribution in [0, 0.1) is 6.92 Å². The Morgan fingerprint density at radius 3 is 2.57 bits per heavy atom. The molecule has 63 heavy (non-hydrogen) atoms. The molecule has 0 amide bonds. The summed E-state index contributed by atoms with van der Waals surface area (Å²) >= 11 is 2.78. The molecule has 1 fully saturated rings. The smallest absolute Gasteiger partial charge is 0.349 e. The fraction of sp³-hybridized carbons (Fsp3) is 0.489. The van der Waals surface area contributed by atoms with Crippen molar-refractivity contribution in [2.75, 3.05) is 20.1 Å². The number of nitrogens with one attached hydrogen (secondary N) is 2. The fourth-order valence-electron chi connectivity index (χ4n) is 8.78. The first-order chi connectivity index (χ1) is 30.0. The second kappa shape index (κ2) is 18.3. The van der Waals surface area contributed by atoms with Crippen molar-refractivity contribution >= 4 is 58.9 Å². The first-order valence-corrected chi connectivity index (χ1v) is 26.6. The maximum atomic E-state index is 13.6. The average molecular weight is 913 g/mol. The molecule has 0 bridgehead atoms. The number of aryl methyl sites for hydroxylation is 2. The van der Waals surface area contributed by atoms with Gasteiger partial charge in [-0.3, -0.25) is 4.79 Å². The van der Waals surface area contributed by atoms with Gasteiger partial charge in [0.05, 0.1) is 40.1 Å². The summed E-state index contributed by atoms with van der Waals surface area (Å²) in [5.41, 5.74) is 4.55. The Kier molecular flexibility index (Phi) is 13.2. The second-order valence-electron chi connectivity index (χ2n) is 18.7. The Morgan fingerprint density at radius 2 is 1.86 bits per heavy atom. The van der Waals surface area contributed by atoms with Crippen molar-refractivity contribution in [2.45, 2.75) is 128 Å². The van der Waals surface area contributed by atoms with Crippen LogP contribution in [0.25, 0.3) is 21.9 Å². The van der Waals surface area contributed by atoms with E-state index in [1.165, 1.54) is 34.3 Å². The summed E-state index contributed by atoms with van der Waals surface area (Å²) in [6.45, 7) is 16.8. The number of carbonyl (C=O) groups excluding carboxylic acids is 1. The van der Waals surface area contributed by atoms with Crippen LogP contribution in [0.4, 0.5) is 0 Å². The van der Waals surface area contributed by atoms with Crippen LogP contribution in [0.3, 0.4) is 0 Å². The lowest BCUT2D eigenvalue weighted by Gasteiger charge is -2.39. The Hall–Kier alpha value is -4.26. The molecule has 2 aromatic carbocycles. The number of nitrogens with zero attached hydrogens (tertiary/aromatic N) is 4. The van der Waals surface area contributed by atoms with E-state index in [1.54, 1.807) is 18.2 Å². The van der Waals surface area contributed by atoms with Crippen LogP contribution in [0.1, 0.15) is 95.9 Å². The van der Waals surface area contributed by atoms with Crippen LogP contribution < -0.4 is 10.9 Å². The van der Waals surface area contributed by atoms with Gasteiger partial charge < -0.3 is 39.3 Å². The number of phenolic OH excluding ortho intramolecular Hbond substituents is 1. The third-order valence-electron chi connectivity index (χ3n) is 13.4. The van der Waals surface area contributed by atoms with E-state index in [4.69, 9.17) is 13.9 Å². The number of esters is 1. The summed E-state index contributed by atoms with van der Waals surface area (Å²) in [5, 5.41) is 37.9. The number of hydrogen-bond acceptors (Lipinski definition) is 13. The number of aromatic nitrogens is 4.